The van der Waals surface area contributed by atoms with Crippen LogP contribution in [0.5, 0.6) is 11.5 Å². The van der Waals surface area contributed by atoms with Gasteiger partial charge in [-0.1, -0.05) is 59.1 Å². The minimum Gasteiger partial charge on any atom is -0.490 e. The van der Waals surface area contributed by atoms with Crippen LogP contribution in [0.2, 0.25) is 10.0 Å². The van der Waals surface area contributed by atoms with Crippen LogP contribution in [0.4, 0.5) is 4.79 Å². The van der Waals surface area contributed by atoms with Gasteiger partial charge in [0.25, 0.3) is 5.91 Å². The summed E-state index contributed by atoms with van der Waals surface area (Å²) in [7, 11) is 0. The van der Waals surface area contributed by atoms with E-state index in [4.69, 9.17) is 32.7 Å². The van der Waals surface area contributed by atoms with Crippen LogP contribution < -0.4 is 14.8 Å². The predicted molar refractivity (Wildman–Crippen MR) is 149 cm³/mol. The Morgan fingerprint density at radius 3 is 2.47 bits per heavy atom. The number of hydrogen-bond donors (Lipinski definition) is 1. The Bertz CT molecular complexity index is 1340. The van der Waals surface area contributed by atoms with Gasteiger partial charge in [0, 0.05) is 15.6 Å². The van der Waals surface area contributed by atoms with Crippen molar-refractivity contribution < 1.29 is 19.1 Å². The number of urea groups is 1. The number of ether oxygens (including phenoxy) is 2. The summed E-state index contributed by atoms with van der Waals surface area (Å²) in [6.07, 6.45) is 1.64. The number of nitrogens with zero attached hydrogens (tertiary/aromatic N) is 1. The molecule has 0 bridgehead atoms. The molecule has 3 amide bonds. The van der Waals surface area contributed by atoms with E-state index in [2.05, 4.69) is 27.9 Å². The average Bonchev–Trinajstić information content (AvgIpc) is 3.08. The van der Waals surface area contributed by atoms with Crippen LogP contribution in [0.1, 0.15) is 29.2 Å². The average molecular weight is 637 g/mol. The van der Waals surface area contributed by atoms with Gasteiger partial charge in [-0.2, -0.15) is 0 Å². The van der Waals surface area contributed by atoms with E-state index in [0.717, 1.165) is 20.3 Å². The zero-order valence-electron chi connectivity index (χ0n) is 19.6. The molecule has 1 N–H and O–H groups in total. The highest BCUT2D eigenvalue weighted by Crippen LogP contribution is 2.36. The Kier molecular flexibility index (Phi) is 8.43. The molecule has 6 nitrogen and oxygen atoms in total. The summed E-state index contributed by atoms with van der Waals surface area (Å²) in [6.45, 7) is 4.72. The second kappa shape index (κ2) is 11.5. The fraction of sp³-hybridized carbons (Fsp3) is 0.185. The summed E-state index contributed by atoms with van der Waals surface area (Å²) in [5.41, 5.74) is 3.67. The van der Waals surface area contributed by atoms with Gasteiger partial charge in [-0.05, 0) is 77.9 Å². The molecule has 1 aliphatic rings. The van der Waals surface area contributed by atoms with Gasteiger partial charge in [-0.3, -0.25) is 9.69 Å². The molecule has 1 saturated heterocycles. The van der Waals surface area contributed by atoms with Gasteiger partial charge in [0.05, 0.1) is 16.7 Å². The highest BCUT2D eigenvalue weighted by molar-refractivity contribution is 14.1. The fourth-order valence-corrected chi connectivity index (χ4v) is 4.87. The van der Waals surface area contributed by atoms with Gasteiger partial charge < -0.3 is 14.8 Å². The molecule has 9 heteroatoms. The lowest BCUT2D eigenvalue weighted by molar-refractivity contribution is -0.123. The van der Waals surface area contributed by atoms with E-state index in [1.807, 2.05) is 50.2 Å². The van der Waals surface area contributed by atoms with E-state index in [1.54, 1.807) is 24.3 Å². The predicted octanol–water partition coefficient (Wildman–Crippen LogP) is 6.98. The molecule has 0 atom stereocenters. The number of imide groups is 1. The van der Waals surface area contributed by atoms with Crippen LogP contribution in [0, 0.1) is 10.5 Å². The highest BCUT2D eigenvalue weighted by Gasteiger charge is 2.33. The molecular weight excluding hydrogens is 614 g/mol. The topological polar surface area (TPSA) is 67.9 Å². The molecule has 1 heterocycles. The third-order valence-corrected chi connectivity index (χ3v) is 6.84. The van der Waals surface area contributed by atoms with E-state index < -0.39 is 6.03 Å². The molecule has 4 rings (SSSR count). The number of benzene rings is 3. The Morgan fingerprint density at radius 1 is 1.03 bits per heavy atom. The van der Waals surface area contributed by atoms with Crippen LogP contribution >= 0.6 is 45.8 Å². The van der Waals surface area contributed by atoms with Crippen molar-refractivity contribution in [1.29, 1.82) is 0 Å². The molecule has 0 saturated carbocycles. The molecular formula is C27H23Cl2IN2O4. The minimum absolute atomic E-state index is 0.198. The molecule has 3 aromatic carbocycles. The lowest BCUT2D eigenvalue weighted by atomic mass is 10.1. The van der Waals surface area contributed by atoms with Crippen LogP contribution in [0.3, 0.4) is 0 Å². The number of hydrogen-bond acceptors (Lipinski definition) is 4. The molecule has 0 aliphatic carbocycles. The smallest absolute Gasteiger partial charge is 0.329 e. The van der Waals surface area contributed by atoms with Crippen molar-refractivity contribution in [2.24, 2.45) is 0 Å². The number of carbonyl (C=O) groups excluding carboxylic acids is 2. The third-order valence-electron chi connectivity index (χ3n) is 5.45. The van der Waals surface area contributed by atoms with Gasteiger partial charge in [-0.15, -0.1) is 0 Å². The van der Waals surface area contributed by atoms with Gasteiger partial charge in [0.1, 0.15) is 12.3 Å². The molecule has 1 aliphatic heterocycles. The Balaban J connectivity index is 1.55. The molecule has 0 unspecified atom stereocenters. The number of rotatable bonds is 8. The molecule has 3 aromatic rings. The second-order valence-corrected chi connectivity index (χ2v) is 10.2. The maximum Gasteiger partial charge on any atom is 0.329 e. The first-order chi connectivity index (χ1) is 17.2. The van der Waals surface area contributed by atoms with Gasteiger partial charge in [0.15, 0.2) is 11.5 Å². The number of carbonyl (C=O) groups is 2. The van der Waals surface area contributed by atoms with Gasteiger partial charge >= 0.3 is 6.03 Å². The zero-order valence-corrected chi connectivity index (χ0v) is 23.3. The monoisotopic (exact) mass is 636 g/mol. The SMILES string of the molecule is CCOc1cc(/C=C2/NC(=O)N(Cc3ccc(C)cc3)C2=O)cc(I)c1OCc1ccc(Cl)cc1Cl. The standard InChI is InChI=1S/C27H23Cl2IN2O4/c1-3-35-24-12-18(10-22(30)25(24)36-15-19-8-9-20(28)13-21(19)29)11-23-26(33)32(27(34)31-23)14-17-6-4-16(2)5-7-17/h4-13H,3,14-15H2,1-2H3,(H,31,34)/b23-11+. The highest BCUT2D eigenvalue weighted by atomic mass is 127. The number of amides is 3. The maximum atomic E-state index is 13.0. The van der Waals surface area contributed by atoms with E-state index in [-0.39, 0.29) is 24.8 Å². The second-order valence-electron chi connectivity index (χ2n) is 8.15. The molecule has 1 fully saturated rings. The maximum absolute atomic E-state index is 13.0. The van der Waals surface area contributed by atoms with Crippen molar-refractivity contribution in [3.8, 4) is 11.5 Å². The minimum atomic E-state index is -0.452. The van der Waals surface area contributed by atoms with Crippen molar-refractivity contribution in [3.05, 3.63) is 96.2 Å². The number of aryl methyl sites for hydroxylation is 1. The molecule has 0 spiro atoms. The summed E-state index contributed by atoms with van der Waals surface area (Å²) in [5, 5.41) is 3.74. The Morgan fingerprint density at radius 2 is 1.78 bits per heavy atom. The van der Waals surface area contributed by atoms with E-state index in [0.29, 0.717) is 33.7 Å². The number of nitrogens with one attached hydrogen (secondary N) is 1. The lowest BCUT2D eigenvalue weighted by Crippen LogP contribution is -2.30. The van der Waals surface area contributed by atoms with Gasteiger partial charge in [-0.25, -0.2) is 4.79 Å². The Labute approximate surface area is 233 Å². The first-order valence-electron chi connectivity index (χ1n) is 11.2. The molecule has 36 heavy (non-hydrogen) atoms. The summed E-state index contributed by atoms with van der Waals surface area (Å²) >= 11 is 14.4. The first-order valence-corrected chi connectivity index (χ1v) is 13.0. The first kappa shape index (κ1) is 26.3. The van der Waals surface area contributed by atoms with Crippen molar-refractivity contribution in [2.45, 2.75) is 27.0 Å². The summed E-state index contributed by atoms with van der Waals surface area (Å²) < 4.78 is 12.7. The quantitative estimate of drug-likeness (QED) is 0.165. The zero-order chi connectivity index (χ0) is 25.8. The normalized spacial score (nSPS) is 14.4. The summed E-state index contributed by atoms with van der Waals surface area (Å²) in [6, 6.07) is 16.1. The summed E-state index contributed by atoms with van der Waals surface area (Å²) in [4.78, 5) is 26.7. The van der Waals surface area contributed by atoms with Crippen LogP contribution in [-0.4, -0.2) is 23.4 Å². The molecule has 186 valence electrons. The van der Waals surface area contributed by atoms with Gasteiger partial charge in [0.2, 0.25) is 0 Å². The van der Waals surface area contributed by atoms with Crippen molar-refractivity contribution in [2.75, 3.05) is 6.61 Å². The van der Waals surface area contributed by atoms with E-state index in [1.165, 1.54) is 4.90 Å². The fourth-order valence-electron chi connectivity index (χ4n) is 3.62. The number of halogens is 3. The largest absolute Gasteiger partial charge is 0.490 e. The molecule has 0 aromatic heterocycles. The van der Waals surface area contributed by atoms with Crippen LogP contribution in [0.25, 0.3) is 6.08 Å². The van der Waals surface area contributed by atoms with E-state index >= 15 is 0 Å². The Hall–Kier alpha value is -2.75. The third kappa shape index (κ3) is 6.14. The van der Waals surface area contributed by atoms with Crippen LogP contribution in [0.15, 0.2) is 60.3 Å². The van der Waals surface area contributed by atoms with Crippen LogP contribution in [-0.2, 0) is 17.9 Å². The van der Waals surface area contributed by atoms with E-state index in [9.17, 15) is 9.59 Å². The molecule has 0 radical (unpaired) electrons. The lowest BCUT2D eigenvalue weighted by Gasteiger charge is -2.15. The van der Waals surface area contributed by atoms with Crippen molar-refractivity contribution >= 4 is 63.8 Å². The summed E-state index contributed by atoms with van der Waals surface area (Å²) in [5.74, 6) is 0.703. The van der Waals surface area contributed by atoms with Crippen molar-refractivity contribution in [3.63, 3.8) is 0 Å². The van der Waals surface area contributed by atoms with Crippen molar-refractivity contribution in [1.82, 2.24) is 10.2 Å².